The first-order chi connectivity index (χ1) is 10.6. The number of carbonyl (C=O) groups excluding carboxylic acids is 1. The van der Waals surface area contributed by atoms with Crippen LogP contribution in [0.25, 0.3) is 0 Å². The number of hydrogen-bond donors (Lipinski definition) is 1. The minimum Gasteiger partial charge on any atom is -0.415 e. The van der Waals surface area contributed by atoms with Crippen LogP contribution in [0.5, 0.6) is 0 Å². The summed E-state index contributed by atoms with van der Waals surface area (Å²) in [5.41, 5.74) is 0. The summed E-state index contributed by atoms with van der Waals surface area (Å²) in [6.07, 6.45) is 1.41. The second kappa shape index (κ2) is 7.21. The van der Waals surface area contributed by atoms with E-state index < -0.39 is 16.6 Å². The molecular formula is C18H39NO3Si2. The molecule has 6 heteroatoms. The third-order valence-electron chi connectivity index (χ3n) is 6.13. The van der Waals surface area contributed by atoms with Gasteiger partial charge in [0.25, 0.3) is 0 Å². The van der Waals surface area contributed by atoms with Gasteiger partial charge in [0, 0.05) is 6.42 Å². The van der Waals surface area contributed by atoms with E-state index >= 15 is 0 Å². The van der Waals surface area contributed by atoms with E-state index in [0.717, 1.165) is 6.42 Å². The highest BCUT2D eigenvalue weighted by Gasteiger charge is 2.43. The molecule has 0 bridgehead atoms. The topological polar surface area (TPSA) is 47.6 Å². The van der Waals surface area contributed by atoms with E-state index in [0.29, 0.717) is 13.0 Å². The van der Waals surface area contributed by atoms with Gasteiger partial charge in [0.05, 0.1) is 18.8 Å². The van der Waals surface area contributed by atoms with Gasteiger partial charge in [-0.15, -0.1) is 0 Å². The molecule has 0 aliphatic carbocycles. The van der Waals surface area contributed by atoms with Gasteiger partial charge in [-0.1, -0.05) is 41.5 Å². The summed E-state index contributed by atoms with van der Waals surface area (Å²) in [5, 5.41) is 3.45. The standard InChI is InChI=1S/C18H39NO3Si2/c1-17(2,3)23(7,8)21-13-14-15(11-12-16(20)19-14)22-24(9,10)18(4,5)6/h14-15H,11-13H2,1-10H3,(H,19,20)/t14-,15-/m1/s1. The predicted molar refractivity (Wildman–Crippen MR) is 106 cm³/mol. The van der Waals surface area contributed by atoms with Gasteiger partial charge in [-0.3, -0.25) is 4.79 Å². The third-order valence-corrected chi connectivity index (χ3v) is 15.1. The third kappa shape index (κ3) is 5.41. The molecular weight excluding hydrogens is 334 g/mol. The van der Waals surface area contributed by atoms with Gasteiger partial charge in [0.1, 0.15) is 0 Å². The monoisotopic (exact) mass is 373 g/mol. The fourth-order valence-electron chi connectivity index (χ4n) is 2.21. The van der Waals surface area contributed by atoms with Crippen molar-refractivity contribution in [3.8, 4) is 0 Å². The number of amides is 1. The van der Waals surface area contributed by atoms with Gasteiger partial charge in [-0.2, -0.15) is 0 Å². The van der Waals surface area contributed by atoms with Gasteiger partial charge in [0.2, 0.25) is 5.91 Å². The zero-order chi connectivity index (χ0) is 19.0. The van der Waals surface area contributed by atoms with Crippen LogP contribution in [0, 0.1) is 0 Å². The maximum Gasteiger partial charge on any atom is 0.220 e. The lowest BCUT2D eigenvalue weighted by Gasteiger charge is -2.44. The number of rotatable bonds is 5. The first-order valence-electron chi connectivity index (χ1n) is 9.18. The zero-order valence-electron chi connectivity index (χ0n) is 17.5. The Bertz CT molecular complexity index is 450. The molecule has 0 aromatic heterocycles. The summed E-state index contributed by atoms with van der Waals surface area (Å²) < 4.78 is 13.0. The number of piperidine rings is 1. The Hall–Kier alpha value is -0.176. The van der Waals surface area contributed by atoms with Crippen LogP contribution in [0.4, 0.5) is 0 Å². The van der Waals surface area contributed by atoms with E-state index in [1.165, 1.54) is 0 Å². The van der Waals surface area contributed by atoms with Gasteiger partial charge < -0.3 is 14.2 Å². The van der Waals surface area contributed by atoms with Gasteiger partial charge in [-0.05, 0) is 42.7 Å². The molecule has 0 aromatic rings. The Kier molecular flexibility index (Phi) is 6.57. The van der Waals surface area contributed by atoms with Crippen molar-refractivity contribution >= 4 is 22.5 Å². The SMILES string of the molecule is CC(C)(C)[Si](C)(C)OC[C@H]1NC(=O)CC[C@H]1O[Si](C)(C)C(C)(C)C. The van der Waals surface area contributed by atoms with Crippen molar-refractivity contribution in [1.82, 2.24) is 5.32 Å². The van der Waals surface area contributed by atoms with Crippen LogP contribution in [0.15, 0.2) is 0 Å². The summed E-state index contributed by atoms with van der Waals surface area (Å²) in [4.78, 5) is 11.9. The molecule has 0 saturated carbocycles. The Morgan fingerprint density at radius 3 is 1.96 bits per heavy atom. The second-order valence-corrected chi connectivity index (χ2v) is 19.8. The lowest BCUT2D eigenvalue weighted by molar-refractivity contribution is -0.126. The highest BCUT2D eigenvalue weighted by Crippen LogP contribution is 2.39. The lowest BCUT2D eigenvalue weighted by Crippen LogP contribution is -2.57. The normalized spacial score (nSPS) is 24.0. The number of nitrogens with one attached hydrogen (secondary N) is 1. The maximum absolute atomic E-state index is 11.9. The molecule has 1 N–H and O–H groups in total. The highest BCUT2D eigenvalue weighted by molar-refractivity contribution is 6.74. The van der Waals surface area contributed by atoms with Crippen molar-refractivity contribution in [3.05, 3.63) is 0 Å². The van der Waals surface area contributed by atoms with E-state index in [9.17, 15) is 4.79 Å². The molecule has 1 rings (SSSR count). The van der Waals surface area contributed by atoms with E-state index in [4.69, 9.17) is 8.85 Å². The molecule has 1 fully saturated rings. The molecule has 0 spiro atoms. The maximum atomic E-state index is 11.9. The lowest BCUT2D eigenvalue weighted by atomic mass is 10.0. The van der Waals surface area contributed by atoms with Crippen molar-refractivity contribution in [2.75, 3.05) is 6.61 Å². The summed E-state index contributed by atoms with van der Waals surface area (Å²) in [7, 11) is -3.69. The van der Waals surface area contributed by atoms with Crippen LogP contribution < -0.4 is 5.32 Å². The molecule has 142 valence electrons. The Labute approximate surface area is 151 Å². The first kappa shape index (κ1) is 21.9. The Balaban J connectivity index is 2.82. The van der Waals surface area contributed by atoms with Crippen LogP contribution in [-0.4, -0.2) is 41.3 Å². The van der Waals surface area contributed by atoms with Crippen molar-refractivity contribution in [1.29, 1.82) is 0 Å². The minimum absolute atomic E-state index is 0.0329. The van der Waals surface area contributed by atoms with E-state index in [-0.39, 0.29) is 28.1 Å². The number of hydrogen-bond acceptors (Lipinski definition) is 3. The quantitative estimate of drug-likeness (QED) is 0.712. The van der Waals surface area contributed by atoms with Gasteiger partial charge in [0.15, 0.2) is 16.6 Å². The Morgan fingerprint density at radius 2 is 1.50 bits per heavy atom. The van der Waals surface area contributed by atoms with Crippen molar-refractivity contribution in [3.63, 3.8) is 0 Å². The predicted octanol–water partition coefficient (Wildman–Crippen LogP) is 4.68. The summed E-state index contributed by atoms with van der Waals surface area (Å²) >= 11 is 0. The summed E-state index contributed by atoms with van der Waals surface area (Å²) in [5.74, 6) is 0.119. The molecule has 1 aliphatic rings. The fraction of sp³-hybridized carbons (Fsp3) is 0.944. The van der Waals surface area contributed by atoms with Crippen LogP contribution >= 0.6 is 0 Å². The van der Waals surface area contributed by atoms with Gasteiger partial charge in [-0.25, -0.2) is 0 Å². The molecule has 0 unspecified atom stereocenters. The highest BCUT2D eigenvalue weighted by atomic mass is 28.4. The van der Waals surface area contributed by atoms with Crippen molar-refractivity contribution in [2.45, 2.75) is 103 Å². The largest absolute Gasteiger partial charge is 0.415 e. The van der Waals surface area contributed by atoms with Crippen molar-refractivity contribution < 1.29 is 13.6 Å². The van der Waals surface area contributed by atoms with Crippen LogP contribution in [0.2, 0.25) is 36.3 Å². The average molecular weight is 374 g/mol. The van der Waals surface area contributed by atoms with Crippen molar-refractivity contribution in [2.24, 2.45) is 0 Å². The molecule has 0 radical (unpaired) electrons. The molecule has 24 heavy (non-hydrogen) atoms. The van der Waals surface area contributed by atoms with Gasteiger partial charge >= 0.3 is 0 Å². The molecule has 1 saturated heterocycles. The molecule has 0 aromatic carbocycles. The molecule has 1 heterocycles. The smallest absolute Gasteiger partial charge is 0.220 e. The summed E-state index contributed by atoms with van der Waals surface area (Å²) in [6, 6.07) is -0.0329. The molecule has 4 nitrogen and oxygen atoms in total. The van der Waals surface area contributed by atoms with E-state index in [1.54, 1.807) is 0 Å². The van der Waals surface area contributed by atoms with E-state index in [1.807, 2.05) is 0 Å². The van der Waals surface area contributed by atoms with E-state index in [2.05, 4.69) is 73.0 Å². The molecule has 1 amide bonds. The first-order valence-corrected chi connectivity index (χ1v) is 15.0. The van der Waals surface area contributed by atoms with Crippen LogP contribution in [0.3, 0.4) is 0 Å². The minimum atomic E-state index is -1.86. The van der Waals surface area contributed by atoms with Crippen LogP contribution in [0.1, 0.15) is 54.4 Å². The molecule has 1 aliphatic heterocycles. The number of carbonyl (C=O) groups is 1. The Morgan fingerprint density at radius 1 is 1.00 bits per heavy atom. The average Bonchev–Trinajstić information content (AvgIpc) is 2.36. The summed E-state index contributed by atoms with van der Waals surface area (Å²) in [6.45, 7) is 23.1. The van der Waals surface area contributed by atoms with Crippen LogP contribution in [-0.2, 0) is 13.6 Å². The zero-order valence-corrected chi connectivity index (χ0v) is 19.5. The second-order valence-electron chi connectivity index (χ2n) is 10.2. The molecule has 2 atom stereocenters. The fourth-order valence-corrected chi connectivity index (χ4v) is 4.63.